The van der Waals surface area contributed by atoms with Crippen LogP contribution in [0.15, 0.2) is 36.7 Å². The number of rotatable bonds is 2. The summed E-state index contributed by atoms with van der Waals surface area (Å²) in [5.41, 5.74) is 1.61. The molecule has 0 aliphatic heterocycles. The number of nitriles is 1. The average molecular weight is 356 g/mol. The van der Waals surface area contributed by atoms with E-state index in [2.05, 4.69) is 20.3 Å². The zero-order valence-corrected chi connectivity index (χ0v) is 13.5. The van der Waals surface area contributed by atoms with Crippen molar-refractivity contribution in [2.75, 3.05) is 5.32 Å². The van der Waals surface area contributed by atoms with E-state index < -0.39 is 5.82 Å². The lowest BCUT2D eigenvalue weighted by Crippen LogP contribution is -1.98. The van der Waals surface area contributed by atoms with Crippen LogP contribution in [-0.4, -0.2) is 15.0 Å². The summed E-state index contributed by atoms with van der Waals surface area (Å²) >= 11 is 7.03. The number of hydrogen-bond donors (Lipinski definition) is 1. The van der Waals surface area contributed by atoms with Gasteiger partial charge in [0.1, 0.15) is 24.0 Å². The molecule has 2 aromatic carbocycles. The monoisotopic (exact) mass is 355 g/mol. The highest BCUT2D eigenvalue weighted by Crippen LogP contribution is 2.34. The standard InChI is InChI=1S/C16H7ClFN5S/c17-8-1-2-10(9(18)5-8)23-16-14-11(20-7-21-16)3-4-12-15(14)24-13(6-19)22-12/h1-5,7H,(H,20,21,23). The van der Waals surface area contributed by atoms with Gasteiger partial charge in [-0.1, -0.05) is 11.6 Å². The van der Waals surface area contributed by atoms with Gasteiger partial charge in [0.15, 0.2) is 5.01 Å². The van der Waals surface area contributed by atoms with E-state index in [1.807, 2.05) is 6.07 Å². The normalized spacial score (nSPS) is 10.9. The highest BCUT2D eigenvalue weighted by atomic mass is 35.5. The molecule has 0 saturated heterocycles. The fourth-order valence-electron chi connectivity index (χ4n) is 2.39. The van der Waals surface area contributed by atoms with Gasteiger partial charge in [0.25, 0.3) is 0 Å². The molecule has 4 aromatic rings. The predicted molar refractivity (Wildman–Crippen MR) is 92.1 cm³/mol. The number of aromatic nitrogens is 3. The fourth-order valence-corrected chi connectivity index (χ4v) is 3.46. The highest BCUT2D eigenvalue weighted by Gasteiger charge is 2.14. The van der Waals surface area contributed by atoms with Crippen molar-refractivity contribution in [2.24, 2.45) is 0 Å². The topological polar surface area (TPSA) is 74.5 Å². The molecular formula is C16H7ClFN5S. The lowest BCUT2D eigenvalue weighted by molar-refractivity contribution is 0.632. The highest BCUT2D eigenvalue weighted by molar-refractivity contribution is 7.20. The van der Waals surface area contributed by atoms with Crippen LogP contribution >= 0.6 is 22.9 Å². The number of halogens is 2. The minimum atomic E-state index is -0.483. The van der Waals surface area contributed by atoms with Crippen molar-refractivity contribution in [1.82, 2.24) is 15.0 Å². The number of nitrogens with zero attached hydrogens (tertiary/aromatic N) is 4. The molecule has 116 valence electrons. The Morgan fingerprint density at radius 2 is 2.00 bits per heavy atom. The van der Waals surface area contributed by atoms with Gasteiger partial charge >= 0.3 is 0 Å². The number of anilines is 2. The summed E-state index contributed by atoms with van der Waals surface area (Å²) in [5.74, 6) is -0.0385. The first-order valence-corrected chi connectivity index (χ1v) is 8.01. The summed E-state index contributed by atoms with van der Waals surface area (Å²) in [4.78, 5) is 12.7. The van der Waals surface area contributed by atoms with Crippen molar-refractivity contribution in [3.05, 3.63) is 52.5 Å². The molecule has 0 spiro atoms. The molecule has 8 heteroatoms. The number of thiazole rings is 1. The Morgan fingerprint density at radius 1 is 1.17 bits per heavy atom. The first kappa shape index (κ1) is 14.8. The molecule has 0 saturated carbocycles. The molecule has 0 fully saturated rings. The molecule has 24 heavy (non-hydrogen) atoms. The maximum absolute atomic E-state index is 14.1. The fraction of sp³-hybridized carbons (Fsp3) is 0. The van der Waals surface area contributed by atoms with Crippen LogP contribution in [0.4, 0.5) is 15.9 Å². The Kier molecular flexibility index (Phi) is 3.49. The lowest BCUT2D eigenvalue weighted by Gasteiger charge is -2.09. The third-order valence-electron chi connectivity index (χ3n) is 3.44. The zero-order chi connectivity index (χ0) is 16.7. The van der Waals surface area contributed by atoms with E-state index in [-0.39, 0.29) is 5.69 Å². The largest absolute Gasteiger partial charge is 0.337 e. The maximum Gasteiger partial charge on any atom is 0.195 e. The van der Waals surface area contributed by atoms with Crippen LogP contribution in [0.25, 0.3) is 21.1 Å². The second kappa shape index (κ2) is 5.67. The molecule has 2 aromatic heterocycles. The maximum atomic E-state index is 14.1. The molecule has 0 amide bonds. The first-order chi connectivity index (χ1) is 11.7. The zero-order valence-electron chi connectivity index (χ0n) is 11.9. The summed E-state index contributed by atoms with van der Waals surface area (Å²) < 4.78 is 14.8. The summed E-state index contributed by atoms with van der Waals surface area (Å²) in [5, 5.41) is 13.4. The Morgan fingerprint density at radius 3 is 2.79 bits per heavy atom. The van der Waals surface area contributed by atoms with Crippen molar-refractivity contribution in [3.8, 4) is 6.07 Å². The van der Waals surface area contributed by atoms with Crippen LogP contribution in [0.3, 0.4) is 0 Å². The summed E-state index contributed by atoms with van der Waals surface area (Å²) in [6, 6.07) is 9.99. The number of hydrogen-bond acceptors (Lipinski definition) is 6. The van der Waals surface area contributed by atoms with E-state index >= 15 is 0 Å². The van der Waals surface area contributed by atoms with E-state index in [9.17, 15) is 4.39 Å². The molecule has 1 N–H and O–H groups in total. The number of fused-ring (bicyclic) bond motifs is 3. The molecule has 4 rings (SSSR count). The van der Waals surface area contributed by atoms with Crippen molar-refractivity contribution in [2.45, 2.75) is 0 Å². The van der Waals surface area contributed by atoms with Crippen LogP contribution in [0.1, 0.15) is 5.01 Å². The van der Waals surface area contributed by atoms with Crippen molar-refractivity contribution >= 4 is 55.6 Å². The molecule has 2 heterocycles. The van der Waals surface area contributed by atoms with Gasteiger partial charge < -0.3 is 5.32 Å². The SMILES string of the molecule is N#Cc1nc2ccc3ncnc(Nc4ccc(Cl)cc4F)c3c2s1. The third kappa shape index (κ3) is 2.42. The van der Waals surface area contributed by atoms with Gasteiger partial charge in [0, 0.05) is 5.02 Å². The summed E-state index contributed by atoms with van der Waals surface area (Å²) in [6.07, 6.45) is 1.40. The van der Waals surface area contributed by atoms with Gasteiger partial charge in [-0.15, -0.1) is 11.3 Å². The quantitative estimate of drug-likeness (QED) is 0.566. The van der Waals surface area contributed by atoms with E-state index in [0.29, 0.717) is 32.3 Å². The second-order valence-electron chi connectivity index (χ2n) is 4.91. The first-order valence-electron chi connectivity index (χ1n) is 6.82. The molecule has 0 atom stereocenters. The van der Waals surface area contributed by atoms with Gasteiger partial charge in [-0.25, -0.2) is 19.3 Å². The van der Waals surface area contributed by atoms with E-state index in [1.165, 1.54) is 23.7 Å². The average Bonchev–Trinajstić information content (AvgIpc) is 3.01. The molecule has 0 unspecified atom stereocenters. The van der Waals surface area contributed by atoms with Crippen molar-refractivity contribution < 1.29 is 4.39 Å². The van der Waals surface area contributed by atoms with E-state index in [0.717, 1.165) is 4.70 Å². The molecule has 0 radical (unpaired) electrons. The van der Waals surface area contributed by atoms with Crippen LogP contribution in [0.2, 0.25) is 5.02 Å². The molecule has 0 bridgehead atoms. The molecule has 5 nitrogen and oxygen atoms in total. The van der Waals surface area contributed by atoms with Gasteiger partial charge in [-0.2, -0.15) is 5.26 Å². The van der Waals surface area contributed by atoms with Crippen molar-refractivity contribution in [3.63, 3.8) is 0 Å². The van der Waals surface area contributed by atoms with Crippen LogP contribution in [0, 0.1) is 17.1 Å². The Balaban J connectivity index is 1.94. The Hall–Kier alpha value is -2.82. The van der Waals surface area contributed by atoms with Gasteiger partial charge in [-0.3, -0.25) is 0 Å². The van der Waals surface area contributed by atoms with E-state index in [1.54, 1.807) is 24.3 Å². The van der Waals surface area contributed by atoms with E-state index in [4.69, 9.17) is 16.9 Å². The van der Waals surface area contributed by atoms with Gasteiger partial charge in [0.2, 0.25) is 0 Å². The Bertz CT molecular complexity index is 1130. The Labute approximate surface area is 144 Å². The number of nitrogens with one attached hydrogen (secondary N) is 1. The van der Waals surface area contributed by atoms with Crippen LogP contribution < -0.4 is 5.32 Å². The molecule has 0 aliphatic carbocycles. The predicted octanol–water partition coefficient (Wildman–Crippen LogP) is 4.65. The van der Waals surface area contributed by atoms with Gasteiger partial charge in [-0.05, 0) is 30.3 Å². The summed E-state index contributed by atoms with van der Waals surface area (Å²) in [6.45, 7) is 0. The summed E-state index contributed by atoms with van der Waals surface area (Å²) in [7, 11) is 0. The minimum Gasteiger partial charge on any atom is -0.337 e. The molecular weight excluding hydrogens is 349 g/mol. The number of benzene rings is 2. The minimum absolute atomic E-state index is 0.251. The van der Waals surface area contributed by atoms with Crippen LogP contribution in [-0.2, 0) is 0 Å². The molecule has 0 aliphatic rings. The lowest BCUT2D eigenvalue weighted by atomic mass is 10.2. The van der Waals surface area contributed by atoms with Gasteiger partial charge in [0.05, 0.1) is 26.8 Å². The second-order valence-corrected chi connectivity index (χ2v) is 6.35. The smallest absolute Gasteiger partial charge is 0.195 e. The van der Waals surface area contributed by atoms with Crippen LogP contribution in [0.5, 0.6) is 0 Å². The van der Waals surface area contributed by atoms with Crippen molar-refractivity contribution in [1.29, 1.82) is 5.26 Å². The third-order valence-corrected chi connectivity index (χ3v) is 4.66.